The van der Waals surface area contributed by atoms with E-state index in [-0.39, 0.29) is 10.7 Å². The topological polar surface area (TPSA) is 58.6 Å². The van der Waals surface area contributed by atoms with Crippen LogP contribution >= 0.6 is 11.6 Å². The van der Waals surface area contributed by atoms with E-state index in [1.807, 2.05) is 56.3 Å². The van der Waals surface area contributed by atoms with Crippen LogP contribution in [-0.4, -0.2) is 11.8 Å². The van der Waals surface area contributed by atoms with Gasteiger partial charge in [-0.1, -0.05) is 47.5 Å². The van der Waals surface area contributed by atoms with Crippen molar-refractivity contribution in [1.82, 2.24) is 0 Å². The Morgan fingerprint density at radius 3 is 2.17 bits per heavy atom. The molecule has 2 amide bonds. The lowest BCUT2D eigenvalue weighted by Crippen LogP contribution is -2.32. The highest BCUT2D eigenvalue weighted by molar-refractivity contribution is 6.53. The first-order chi connectivity index (χ1) is 14.4. The molecule has 4 rings (SSSR count). The number of carbonyl (C=O) groups excluding carboxylic acids is 2. The molecule has 0 unspecified atom stereocenters. The minimum atomic E-state index is -0.542. The first-order valence-electron chi connectivity index (χ1n) is 9.40. The largest absolute Gasteiger partial charge is 0.457 e. The van der Waals surface area contributed by atoms with E-state index in [0.717, 1.165) is 21.8 Å². The van der Waals surface area contributed by atoms with Crippen LogP contribution in [0.15, 0.2) is 83.5 Å². The average molecular weight is 419 g/mol. The van der Waals surface area contributed by atoms with Gasteiger partial charge in [0.05, 0.1) is 5.69 Å². The lowest BCUT2D eigenvalue weighted by Gasteiger charge is -2.18. The number of para-hydroxylation sites is 1. The fourth-order valence-electron chi connectivity index (χ4n) is 3.26. The molecule has 0 atom stereocenters. The number of halogens is 1. The number of carbonyl (C=O) groups is 2. The summed E-state index contributed by atoms with van der Waals surface area (Å²) in [6.45, 7) is 3.81. The van der Waals surface area contributed by atoms with Crippen LogP contribution in [0.4, 0.5) is 11.4 Å². The molecule has 0 aliphatic carbocycles. The van der Waals surface area contributed by atoms with Crippen LogP contribution < -0.4 is 15.0 Å². The van der Waals surface area contributed by atoms with Crippen molar-refractivity contribution in [3.63, 3.8) is 0 Å². The van der Waals surface area contributed by atoms with Crippen LogP contribution in [0.3, 0.4) is 0 Å². The van der Waals surface area contributed by atoms with E-state index in [0.29, 0.717) is 17.1 Å². The van der Waals surface area contributed by atoms with Crippen molar-refractivity contribution in [3.05, 3.63) is 94.7 Å². The summed E-state index contributed by atoms with van der Waals surface area (Å²) in [5.74, 6) is 0.351. The van der Waals surface area contributed by atoms with Gasteiger partial charge in [-0.05, 0) is 61.9 Å². The molecule has 3 aromatic rings. The number of imide groups is 1. The van der Waals surface area contributed by atoms with Gasteiger partial charge in [0.2, 0.25) is 0 Å². The second kappa shape index (κ2) is 8.05. The summed E-state index contributed by atoms with van der Waals surface area (Å²) < 4.78 is 5.77. The fourth-order valence-corrected chi connectivity index (χ4v) is 3.47. The van der Waals surface area contributed by atoms with Gasteiger partial charge in [0.1, 0.15) is 22.2 Å². The van der Waals surface area contributed by atoms with Gasteiger partial charge in [-0.3, -0.25) is 9.59 Å². The third kappa shape index (κ3) is 3.80. The number of nitrogens with one attached hydrogen (secondary N) is 1. The quantitative estimate of drug-likeness (QED) is 0.553. The lowest BCUT2D eigenvalue weighted by atomic mass is 10.1. The molecule has 1 aliphatic rings. The molecule has 30 heavy (non-hydrogen) atoms. The van der Waals surface area contributed by atoms with Gasteiger partial charge in [-0.25, -0.2) is 4.90 Å². The Bertz CT molecular complexity index is 1150. The molecule has 0 bridgehead atoms. The van der Waals surface area contributed by atoms with Crippen LogP contribution in [0.5, 0.6) is 11.5 Å². The molecule has 0 saturated heterocycles. The Morgan fingerprint density at radius 1 is 0.833 bits per heavy atom. The number of nitrogens with zero attached hydrogens (tertiary/aromatic N) is 1. The molecular formula is C24H19ClN2O3. The van der Waals surface area contributed by atoms with Crippen molar-refractivity contribution in [2.24, 2.45) is 0 Å². The molecule has 0 saturated carbocycles. The molecule has 1 N–H and O–H groups in total. The van der Waals surface area contributed by atoms with Crippen LogP contribution in [0.1, 0.15) is 11.1 Å². The fraction of sp³-hybridized carbons (Fsp3) is 0.0833. The molecule has 5 nitrogen and oxygen atoms in total. The summed E-state index contributed by atoms with van der Waals surface area (Å²) in [6, 6.07) is 22.0. The summed E-state index contributed by atoms with van der Waals surface area (Å²) in [4.78, 5) is 26.7. The monoisotopic (exact) mass is 418 g/mol. The van der Waals surface area contributed by atoms with Crippen LogP contribution in [0.2, 0.25) is 0 Å². The number of amides is 2. The molecule has 6 heteroatoms. The van der Waals surface area contributed by atoms with Gasteiger partial charge in [0.15, 0.2) is 0 Å². The van der Waals surface area contributed by atoms with Crippen molar-refractivity contribution >= 4 is 34.8 Å². The van der Waals surface area contributed by atoms with E-state index in [2.05, 4.69) is 5.32 Å². The maximum absolute atomic E-state index is 13.0. The van der Waals surface area contributed by atoms with Crippen molar-refractivity contribution in [2.45, 2.75) is 13.8 Å². The number of rotatable bonds is 5. The molecule has 1 aliphatic heterocycles. The minimum absolute atomic E-state index is 0.0540. The van der Waals surface area contributed by atoms with Gasteiger partial charge in [0, 0.05) is 5.69 Å². The molecule has 0 spiro atoms. The SMILES string of the molecule is Cc1ccc(N2C(=O)C(Cl)=C(Nc3ccc(Oc4ccccc4)cc3)C2=O)c(C)c1. The zero-order chi connectivity index (χ0) is 21.3. The van der Waals surface area contributed by atoms with Gasteiger partial charge < -0.3 is 10.1 Å². The van der Waals surface area contributed by atoms with Crippen LogP contribution in [0, 0.1) is 13.8 Å². The molecule has 0 fully saturated rings. The van der Waals surface area contributed by atoms with E-state index in [4.69, 9.17) is 16.3 Å². The Balaban J connectivity index is 1.53. The highest BCUT2D eigenvalue weighted by atomic mass is 35.5. The lowest BCUT2D eigenvalue weighted by molar-refractivity contribution is -0.120. The Labute approximate surface area is 179 Å². The van der Waals surface area contributed by atoms with Crippen molar-refractivity contribution in [1.29, 1.82) is 0 Å². The van der Waals surface area contributed by atoms with Gasteiger partial charge >= 0.3 is 0 Å². The standard InChI is InChI=1S/C24H19ClN2O3/c1-15-8-13-20(16(2)14-15)27-23(28)21(25)22(24(27)29)26-17-9-11-19(12-10-17)30-18-6-4-3-5-7-18/h3-14,26H,1-2H3. The minimum Gasteiger partial charge on any atom is -0.457 e. The van der Waals surface area contributed by atoms with Gasteiger partial charge in [-0.2, -0.15) is 0 Å². The number of ether oxygens (including phenoxy) is 1. The normalized spacial score (nSPS) is 13.8. The number of hydrogen-bond donors (Lipinski definition) is 1. The van der Waals surface area contributed by atoms with Crippen LogP contribution in [-0.2, 0) is 9.59 Å². The maximum atomic E-state index is 13.0. The summed E-state index contributed by atoms with van der Waals surface area (Å²) in [5, 5.41) is 2.84. The predicted octanol–water partition coefficient (Wildman–Crippen LogP) is 5.53. The molecule has 0 aromatic heterocycles. The van der Waals surface area contributed by atoms with Crippen molar-refractivity contribution in [3.8, 4) is 11.5 Å². The van der Waals surface area contributed by atoms with E-state index < -0.39 is 11.8 Å². The second-order valence-corrected chi connectivity index (χ2v) is 7.37. The van der Waals surface area contributed by atoms with Gasteiger partial charge in [0.25, 0.3) is 11.8 Å². The number of anilines is 2. The highest BCUT2D eigenvalue weighted by Crippen LogP contribution is 2.32. The molecule has 150 valence electrons. The highest BCUT2D eigenvalue weighted by Gasteiger charge is 2.39. The first-order valence-corrected chi connectivity index (χ1v) is 9.77. The summed E-state index contributed by atoms with van der Waals surface area (Å²) in [7, 11) is 0. The molecular weight excluding hydrogens is 400 g/mol. The van der Waals surface area contributed by atoms with E-state index >= 15 is 0 Å². The second-order valence-electron chi connectivity index (χ2n) is 6.99. The molecule has 0 radical (unpaired) electrons. The Hall–Kier alpha value is -3.57. The summed E-state index contributed by atoms with van der Waals surface area (Å²) >= 11 is 6.22. The maximum Gasteiger partial charge on any atom is 0.283 e. The Morgan fingerprint density at radius 2 is 1.50 bits per heavy atom. The summed E-state index contributed by atoms with van der Waals surface area (Å²) in [6.07, 6.45) is 0. The number of benzene rings is 3. The third-order valence-electron chi connectivity index (χ3n) is 4.72. The molecule has 1 heterocycles. The van der Waals surface area contributed by atoms with Gasteiger partial charge in [-0.15, -0.1) is 0 Å². The van der Waals surface area contributed by atoms with E-state index in [1.165, 1.54) is 0 Å². The molecule has 3 aromatic carbocycles. The summed E-state index contributed by atoms with van der Waals surface area (Å²) in [5.41, 5.74) is 3.07. The number of hydrogen-bond acceptors (Lipinski definition) is 4. The average Bonchev–Trinajstić information content (AvgIpc) is 2.94. The first kappa shape index (κ1) is 19.7. The van der Waals surface area contributed by atoms with E-state index in [9.17, 15) is 9.59 Å². The van der Waals surface area contributed by atoms with E-state index in [1.54, 1.807) is 30.3 Å². The third-order valence-corrected chi connectivity index (χ3v) is 5.07. The zero-order valence-electron chi connectivity index (χ0n) is 16.5. The van der Waals surface area contributed by atoms with Crippen molar-refractivity contribution in [2.75, 3.05) is 10.2 Å². The van der Waals surface area contributed by atoms with Crippen molar-refractivity contribution < 1.29 is 14.3 Å². The van der Waals surface area contributed by atoms with Crippen LogP contribution in [0.25, 0.3) is 0 Å². The Kier molecular flexibility index (Phi) is 5.29. The number of aryl methyl sites for hydroxylation is 2. The smallest absolute Gasteiger partial charge is 0.283 e. The predicted molar refractivity (Wildman–Crippen MR) is 118 cm³/mol. The zero-order valence-corrected chi connectivity index (χ0v) is 17.2.